The molecular formula is C51H96O12S. The van der Waals surface area contributed by atoms with E-state index in [1.54, 1.807) is 0 Å². The van der Waals surface area contributed by atoms with E-state index in [1.165, 1.54) is 167 Å². The average Bonchev–Trinajstić information content (AvgIpc) is 3.26. The molecule has 0 spiro atoms. The van der Waals surface area contributed by atoms with Crippen molar-refractivity contribution in [3.05, 3.63) is 12.2 Å². The Bertz CT molecular complexity index is 1230. The number of aliphatic hydroxyl groups excluding tert-OH is 3. The molecular weight excluding hydrogens is 837 g/mol. The Morgan fingerprint density at radius 2 is 0.891 bits per heavy atom. The molecule has 0 aromatic carbocycles. The van der Waals surface area contributed by atoms with Gasteiger partial charge in [-0.3, -0.25) is 14.1 Å². The predicted octanol–water partition coefficient (Wildman–Crippen LogP) is 11.8. The summed E-state index contributed by atoms with van der Waals surface area (Å²) >= 11 is 0. The van der Waals surface area contributed by atoms with Gasteiger partial charge in [-0.25, -0.2) is 0 Å². The minimum Gasteiger partial charge on any atom is -0.462 e. The number of esters is 2. The molecule has 0 aliphatic carbocycles. The first-order chi connectivity index (χ1) is 31.0. The molecule has 0 radical (unpaired) electrons. The van der Waals surface area contributed by atoms with Crippen LogP contribution in [0.2, 0.25) is 0 Å². The highest BCUT2D eigenvalue weighted by atomic mass is 32.2. The molecule has 1 heterocycles. The van der Waals surface area contributed by atoms with Crippen LogP contribution >= 0.6 is 0 Å². The largest absolute Gasteiger partial charge is 0.462 e. The lowest BCUT2D eigenvalue weighted by atomic mass is 10.00. The quantitative estimate of drug-likeness (QED) is 0.0196. The number of carbonyl (C=O) groups excluding carboxylic acids is 2. The molecule has 1 aliphatic heterocycles. The Morgan fingerprint density at radius 1 is 0.516 bits per heavy atom. The summed E-state index contributed by atoms with van der Waals surface area (Å²) < 4.78 is 54.3. The van der Waals surface area contributed by atoms with E-state index in [9.17, 15) is 37.9 Å². The van der Waals surface area contributed by atoms with Crippen molar-refractivity contribution in [3.63, 3.8) is 0 Å². The Kier molecular flexibility index (Phi) is 39.2. The molecule has 2 unspecified atom stereocenters. The summed E-state index contributed by atoms with van der Waals surface area (Å²) in [7, 11) is -4.60. The first kappa shape index (κ1) is 60.4. The zero-order chi connectivity index (χ0) is 46.9. The summed E-state index contributed by atoms with van der Waals surface area (Å²) in [6.45, 7) is 3.79. The van der Waals surface area contributed by atoms with E-state index in [0.29, 0.717) is 12.8 Å². The van der Waals surface area contributed by atoms with Gasteiger partial charge in [0.15, 0.2) is 12.4 Å². The van der Waals surface area contributed by atoms with Crippen molar-refractivity contribution >= 4 is 22.1 Å². The van der Waals surface area contributed by atoms with E-state index in [4.69, 9.17) is 18.9 Å². The molecule has 6 atom stereocenters. The number of hydrogen-bond donors (Lipinski definition) is 4. The van der Waals surface area contributed by atoms with Crippen molar-refractivity contribution in [2.75, 3.05) is 19.0 Å². The third-order valence-corrected chi connectivity index (χ3v) is 13.1. The molecule has 64 heavy (non-hydrogen) atoms. The molecule has 4 N–H and O–H groups in total. The van der Waals surface area contributed by atoms with Crippen molar-refractivity contribution in [2.24, 2.45) is 0 Å². The van der Waals surface area contributed by atoms with E-state index < -0.39 is 71.2 Å². The Labute approximate surface area is 390 Å². The first-order valence-corrected chi connectivity index (χ1v) is 27.9. The van der Waals surface area contributed by atoms with Gasteiger partial charge in [0.05, 0.1) is 6.61 Å². The summed E-state index contributed by atoms with van der Waals surface area (Å²) in [6.07, 6.45) is 36.8. The number of unbranched alkanes of at least 4 members (excludes halogenated alkanes) is 31. The van der Waals surface area contributed by atoms with E-state index in [-0.39, 0.29) is 19.4 Å². The van der Waals surface area contributed by atoms with Gasteiger partial charge in [-0.05, 0) is 38.5 Å². The van der Waals surface area contributed by atoms with Crippen molar-refractivity contribution in [1.82, 2.24) is 0 Å². The standard InChI is InChI=1S/C51H96O12S/c1-3-5-7-9-11-13-15-17-19-21-22-24-26-28-30-32-34-36-38-40-47(53)62-44(42-61-51-50(56)49(55)48(54)45(63-51)43-64(57,58)59)41-60-46(52)39-37-35-33-31-29-27-25-23-20-18-16-14-12-10-8-6-4-2/h14,16,44-45,48-51,54-56H,3-13,15,17-43H2,1-2H3,(H,57,58,59)/b16-14+/t44-,45-,48-,49?,50?,51+/m1/s1. The second kappa shape index (κ2) is 41.6. The predicted molar refractivity (Wildman–Crippen MR) is 257 cm³/mol. The van der Waals surface area contributed by atoms with E-state index in [2.05, 4.69) is 26.0 Å². The zero-order valence-corrected chi connectivity index (χ0v) is 41.5. The number of hydrogen-bond acceptors (Lipinski definition) is 11. The second-order valence-corrected chi connectivity index (χ2v) is 20.0. The normalized spacial score (nSPS) is 19.6. The lowest BCUT2D eigenvalue weighted by Gasteiger charge is -2.40. The highest BCUT2D eigenvalue weighted by molar-refractivity contribution is 7.85. The van der Waals surface area contributed by atoms with Crippen LogP contribution in [0.3, 0.4) is 0 Å². The maximum Gasteiger partial charge on any atom is 0.306 e. The Morgan fingerprint density at radius 3 is 1.31 bits per heavy atom. The zero-order valence-electron chi connectivity index (χ0n) is 40.7. The monoisotopic (exact) mass is 933 g/mol. The van der Waals surface area contributed by atoms with Gasteiger partial charge in [-0.1, -0.05) is 206 Å². The van der Waals surface area contributed by atoms with Gasteiger partial charge < -0.3 is 34.3 Å². The highest BCUT2D eigenvalue weighted by Crippen LogP contribution is 2.24. The van der Waals surface area contributed by atoms with Crippen LogP contribution < -0.4 is 0 Å². The lowest BCUT2D eigenvalue weighted by Crippen LogP contribution is -2.60. The van der Waals surface area contributed by atoms with Gasteiger partial charge in [0, 0.05) is 12.8 Å². The van der Waals surface area contributed by atoms with Crippen LogP contribution in [-0.2, 0) is 38.7 Å². The molecule has 0 bridgehead atoms. The van der Waals surface area contributed by atoms with Crippen LogP contribution in [0.5, 0.6) is 0 Å². The SMILES string of the molecule is CCCCCC/C=C/CCCCCCCCCCCC(=O)OC[C@H](CO[C@H]1O[C@H](CS(=O)(=O)O)[C@@H](O)C(O)C1O)OC(=O)CCCCCCCCCCCCCCCCCCCCC. The van der Waals surface area contributed by atoms with Crippen LogP contribution in [0.25, 0.3) is 0 Å². The van der Waals surface area contributed by atoms with Crippen LogP contribution in [0.15, 0.2) is 12.2 Å². The molecule has 1 fully saturated rings. The number of rotatable bonds is 45. The Hall–Kier alpha value is -1.61. The van der Waals surface area contributed by atoms with Gasteiger partial charge in [0.2, 0.25) is 0 Å². The van der Waals surface area contributed by atoms with Gasteiger partial charge >= 0.3 is 11.9 Å². The van der Waals surface area contributed by atoms with Crippen molar-refractivity contribution in [1.29, 1.82) is 0 Å². The lowest BCUT2D eigenvalue weighted by molar-refractivity contribution is -0.297. The van der Waals surface area contributed by atoms with Crippen molar-refractivity contribution in [2.45, 2.75) is 282 Å². The molecule has 1 saturated heterocycles. The molecule has 13 heteroatoms. The van der Waals surface area contributed by atoms with Gasteiger partial charge in [0.1, 0.15) is 36.8 Å². The van der Waals surface area contributed by atoms with Crippen LogP contribution in [0.4, 0.5) is 0 Å². The van der Waals surface area contributed by atoms with Crippen LogP contribution in [-0.4, -0.2) is 96.0 Å². The number of aliphatic hydroxyl groups is 3. The summed E-state index contributed by atoms with van der Waals surface area (Å²) in [5, 5.41) is 31.0. The highest BCUT2D eigenvalue weighted by Gasteiger charge is 2.46. The third kappa shape index (κ3) is 35.6. The minimum atomic E-state index is -4.60. The summed E-state index contributed by atoms with van der Waals surface area (Å²) in [6, 6.07) is 0. The summed E-state index contributed by atoms with van der Waals surface area (Å²) in [4.78, 5) is 25.5. The van der Waals surface area contributed by atoms with Gasteiger partial charge in [-0.2, -0.15) is 8.42 Å². The fraction of sp³-hybridized carbons (Fsp3) is 0.922. The van der Waals surface area contributed by atoms with Crippen molar-refractivity contribution in [3.8, 4) is 0 Å². The topological polar surface area (TPSA) is 186 Å². The molecule has 0 amide bonds. The van der Waals surface area contributed by atoms with E-state index in [1.807, 2.05) is 0 Å². The number of carbonyl (C=O) groups is 2. The summed E-state index contributed by atoms with van der Waals surface area (Å²) in [5.74, 6) is -1.97. The minimum absolute atomic E-state index is 0.170. The van der Waals surface area contributed by atoms with E-state index >= 15 is 0 Å². The Balaban J connectivity index is 2.35. The fourth-order valence-electron chi connectivity index (χ4n) is 8.26. The molecule has 378 valence electrons. The fourth-order valence-corrected chi connectivity index (χ4v) is 8.95. The maximum absolute atomic E-state index is 12.9. The second-order valence-electron chi connectivity index (χ2n) is 18.5. The molecule has 12 nitrogen and oxygen atoms in total. The van der Waals surface area contributed by atoms with Crippen molar-refractivity contribution < 1.29 is 56.8 Å². The maximum atomic E-state index is 12.9. The van der Waals surface area contributed by atoms with Gasteiger partial charge in [-0.15, -0.1) is 0 Å². The number of ether oxygens (including phenoxy) is 4. The average molecular weight is 933 g/mol. The number of allylic oxidation sites excluding steroid dienone is 2. The van der Waals surface area contributed by atoms with Crippen LogP contribution in [0, 0.1) is 0 Å². The summed E-state index contributed by atoms with van der Waals surface area (Å²) in [5.41, 5.74) is 0. The third-order valence-electron chi connectivity index (χ3n) is 12.3. The molecule has 0 saturated carbocycles. The smallest absolute Gasteiger partial charge is 0.306 e. The first-order valence-electron chi connectivity index (χ1n) is 26.2. The molecule has 1 aliphatic rings. The molecule has 0 aromatic heterocycles. The molecule has 0 aromatic rings. The van der Waals surface area contributed by atoms with Gasteiger partial charge in [0.25, 0.3) is 10.1 Å². The molecule has 1 rings (SSSR count). The van der Waals surface area contributed by atoms with Crippen LogP contribution in [0.1, 0.15) is 245 Å². The van der Waals surface area contributed by atoms with E-state index in [0.717, 1.165) is 38.5 Å².